The maximum absolute atomic E-state index is 14.1. The van der Waals surface area contributed by atoms with E-state index in [9.17, 15) is 13.9 Å². The Balaban J connectivity index is 2.32. The molecule has 0 amide bonds. The number of hydrogen-bond donors (Lipinski definition) is 3. The molecule has 1 aliphatic heterocycles. The van der Waals surface area contributed by atoms with Gasteiger partial charge in [0.1, 0.15) is 11.6 Å². The van der Waals surface area contributed by atoms with Gasteiger partial charge in [0.2, 0.25) is 0 Å². The summed E-state index contributed by atoms with van der Waals surface area (Å²) in [6, 6.07) is 8.01. The summed E-state index contributed by atoms with van der Waals surface area (Å²) in [7, 11) is 0. The van der Waals surface area contributed by atoms with Gasteiger partial charge in [-0.2, -0.15) is 5.01 Å². The van der Waals surface area contributed by atoms with Crippen LogP contribution >= 0.6 is 11.6 Å². The minimum absolute atomic E-state index is 0.0128. The Morgan fingerprint density at radius 3 is 2.57 bits per heavy atom. The van der Waals surface area contributed by atoms with Gasteiger partial charge in [0.05, 0.1) is 12.2 Å². The average Bonchev–Trinajstić information content (AvgIpc) is 2.44. The molecule has 0 spiro atoms. The molecule has 2 aromatic carbocycles. The van der Waals surface area contributed by atoms with E-state index in [1.807, 2.05) is 0 Å². The highest BCUT2D eigenvalue weighted by atomic mass is 35.5. The second-order valence-electron chi connectivity index (χ2n) is 4.76. The van der Waals surface area contributed by atoms with Crippen molar-refractivity contribution in [2.45, 2.75) is 5.72 Å². The number of nitrogens with two attached hydrogens (primary N) is 1. The van der Waals surface area contributed by atoms with E-state index in [0.29, 0.717) is 10.7 Å². The predicted octanol–water partition coefficient (Wildman–Crippen LogP) is 2.37. The highest BCUT2D eigenvalue weighted by molar-refractivity contribution is 6.30. The van der Waals surface area contributed by atoms with Crippen LogP contribution in [0, 0.1) is 11.6 Å². The van der Waals surface area contributed by atoms with E-state index in [-0.39, 0.29) is 12.2 Å². The molecule has 1 aliphatic rings. The minimum atomic E-state index is -2.15. The molecule has 0 aliphatic carbocycles. The molecule has 0 aromatic heterocycles. The molecule has 4 N–H and O–H groups in total. The molecule has 2 aromatic rings. The molecule has 0 saturated carbocycles. The number of halogens is 3. The number of nitrogens with zero attached hydrogens (tertiary/aromatic N) is 1. The van der Waals surface area contributed by atoms with Gasteiger partial charge in [-0.3, -0.25) is 5.84 Å². The van der Waals surface area contributed by atoms with Crippen molar-refractivity contribution >= 4 is 17.3 Å². The summed E-state index contributed by atoms with van der Waals surface area (Å²) in [6.45, 7) is 0.0128. The number of fused-ring (bicyclic) bond motifs is 1. The van der Waals surface area contributed by atoms with Crippen LogP contribution in [-0.2, 0) is 5.72 Å². The van der Waals surface area contributed by atoms with Gasteiger partial charge < -0.3 is 10.4 Å². The molecule has 3 rings (SSSR count). The lowest BCUT2D eigenvalue weighted by atomic mass is 9.90. The fourth-order valence-corrected chi connectivity index (χ4v) is 2.68. The van der Waals surface area contributed by atoms with E-state index in [0.717, 1.165) is 17.1 Å². The second-order valence-corrected chi connectivity index (χ2v) is 5.20. The first kappa shape index (κ1) is 14.2. The Hall–Kier alpha value is -1.73. The topological polar surface area (TPSA) is 61.5 Å². The Kier molecular flexibility index (Phi) is 3.33. The van der Waals surface area contributed by atoms with E-state index < -0.39 is 22.9 Å². The summed E-state index contributed by atoms with van der Waals surface area (Å²) >= 11 is 5.93. The van der Waals surface area contributed by atoms with Gasteiger partial charge in [0.15, 0.2) is 5.72 Å². The van der Waals surface area contributed by atoms with Crippen molar-refractivity contribution in [1.29, 1.82) is 0 Å². The number of hydrogen-bond acceptors (Lipinski definition) is 4. The fraction of sp³-hybridized carbons (Fsp3) is 0.143. The van der Waals surface area contributed by atoms with E-state index in [2.05, 4.69) is 5.32 Å². The lowest BCUT2D eigenvalue weighted by molar-refractivity contribution is -0.0876. The maximum Gasteiger partial charge on any atom is 0.192 e. The SMILES string of the molecule is NN1CNc2ccc(Cl)cc2C1(O)c1c(F)cccc1F. The van der Waals surface area contributed by atoms with Gasteiger partial charge in [-0.15, -0.1) is 0 Å². The van der Waals surface area contributed by atoms with Crippen molar-refractivity contribution in [2.75, 3.05) is 12.0 Å². The number of benzene rings is 2. The fourth-order valence-electron chi connectivity index (χ4n) is 2.51. The molecule has 21 heavy (non-hydrogen) atoms. The largest absolute Gasteiger partial charge is 0.371 e. The first-order chi connectivity index (χ1) is 9.94. The summed E-state index contributed by atoms with van der Waals surface area (Å²) in [5, 5.41) is 15.2. The summed E-state index contributed by atoms with van der Waals surface area (Å²) < 4.78 is 28.2. The van der Waals surface area contributed by atoms with E-state index in [4.69, 9.17) is 17.4 Å². The number of aliphatic hydroxyl groups is 1. The van der Waals surface area contributed by atoms with Crippen LogP contribution in [0.15, 0.2) is 36.4 Å². The number of hydrazine groups is 1. The minimum Gasteiger partial charge on any atom is -0.371 e. The molecular formula is C14H12ClF2N3O. The molecule has 0 radical (unpaired) electrons. The Morgan fingerprint density at radius 1 is 1.24 bits per heavy atom. The van der Waals surface area contributed by atoms with E-state index in [1.54, 1.807) is 12.1 Å². The zero-order chi connectivity index (χ0) is 15.2. The van der Waals surface area contributed by atoms with Crippen LogP contribution in [0.25, 0.3) is 0 Å². The Labute approximate surface area is 124 Å². The lowest BCUT2D eigenvalue weighted by Crippen LogP contribution is -2.57. The van der Waals surface area contributed by atoms with Gasteiger partial charge in [0.25, 0.3) is 0 Å². The molecule has 110 valence electrons. The first-order valence-corrected chi connectivity index (χ1v) is 6.55. The van der Waals surface area contributed by atoms with Gasteiger partial charge in [-0.05, 0) is 30.3 Å². The second kappa shape index (κ2) is 4.92. The van der Waals surface area contributed by atoms with Crippen LogP contribution in [0.2, 0.25) is 5.02 Å². The molecule has 1 unspecified atom stereocenters. The van der Waals surface area contributed by atoms with Crippen LogP contribution in [0.3, 0.4) is 0 Å². The molecule has 0 saturated heterocycles. The summed E-state index contributed by atoms with van der Waals surface area (Å²) in [5.41, 5.74) is -1.99. The van der Waals surface area contributed by atoms with Crippen LogP contribution < -0.4 is 11.2 Å². The van der Waals surface area contributed by atoms with Crippen molar-refractivity contribution in [3.05, 3.63) is 64.2 Å². The quantitative estimate of drug-likeness (QED) is 0.708. The summed E-state index contributed by atoms with van der Waals surface area (Å²) in [6.07, 6.45) is 0. The third-order valence-electron chi connectivity index (χ3n) is 3.52. The molecular weight excluding hydrogens is 300 g/mol. The third-order valence-corrected chi connectivity index (χ3v) is 3.76. The van der Waals surface area contributed by atoms with Crippen molar-refractivity contribution in [1.82, 2.24) is 5.01 Å². The smallest absolute Gasteiger partial charge is 0.192 e. The third kappa shape index (κ3) is 2.08. The highest BCUT2D eigenvalue weighted by Gasteiger charge is 2.45. The maximum atomic E-state index is 14.1. The normalized spacial score (nSPS) is 21.8. The zero-order valence-corrected chi connectivity index (χ0v) is 11.5. The van der Waals surface area contributed by atoms with E-state index in [1.165, 1.54) is 12.1 Å². The number of anilines is 1. The van der Waals surface area contributed by atoms with Crippen LogP contribution in [0.5, 0.6) is 0 Å². The zero-order valence-electron chi connectivity index (χ0n) is 10.8. The molecule has 1 heterocycles. The van der Waals surface area contributed by atoms with Crippen LogP contribution in [0.1, 0.15) is 11.1 Å². The van der Waals surface area contributed by atoms with Crippen LogP contribution in [-0.4, -0.2) is 16.8 Å². The summed E-state index contributed by atoms with van der Waals surface area (Å²) in [4.78, 5) is 0. The van der Waals surface area contributed by atoms with Crippen molar-refractivity contribution in [3.63, 3.8) is 0 Å². The van der Waals surface area contributed by atoms with E-state index >= 15 is 0 Å². The van der Waals surface area contributed by atoms with Crippen molar-refractivity contribution in [3.8, 4) is 0 Å². The van der Waals surface area contributed by atoms with Crippen molar-refractivity contribution < 1.29 is 13.9 Å². The number of nitrogens with one attached hydrogen (secondary N) is 1. The molecule has 4 nitrogen and oxygen atoms in total. The lowest BCUT2D eigenvalue weighted by Gasteiger charge is -2.42. The monoisotopic (exact) mass is 311 g/mol. The Morgan fingerprint density at radius 2 is 1.90 bits per heavy atom. The molecule has 0 bridgehead atoms. The average molecular weight is 312 g/mol. The highest BCUT2D eigenvalue weighted by Crippen LogP contribution is 2.41. The van der Waals surface area contributed by atoms with Crippen LogP contribution in [0.4, 0.5) is 14.5 Å². The molecule has 0 fully saturated rings. The van der Waals surface area contributed by atoms with Gasteiger partial charge in [0, 0.05) is 16.3 Å². The standard InChI is InChI=1S/C14H12ClF2N3O/c15-8-4-5-12-9(6-8)14(21,20(18)7-19-12)13-10(16)2-1-3-11(13)17/h1-6,19,21H,7,18H2. The van der Waals surface area contributed by atoms with Gasteiger partial charge in [-0.25, -0.2) is 8.78 Å². The molecule has 1 atom stereocenters. The number of rotatable bonds is 1. The Bertz CT molecular complexity index is 692. The summed E-state index contributed by atoms with van der Waals surface area (Å²) in [5.74, 6) is 4.02. The predicted molar refractivity (Wildman–Crippen MR) is 75.3 cm³/mol. The molecule has 7 heteroatoms. The first-order valence-electron chi connectivity index (χ1n) is 6.17. The van der Waals surface area contributed by atoms with Gasteiger partial charge in [-0.1, -0.05) is 17.7 Å². The van der Waals surface area contributed by atoms with Gasteiger partial charge >= 0.3 is 0 Å². The van der Waals surface area contributed by atoms with Crippen molar-refractivity contribution in [2.24, 2.45) is 5.84 Å².